The molecule has 124 valence electrons. The van der Waals surface area contributed by atoms with Gasteiger partial charge < -0.3 is 5.32 Å². The summed E-state index contributed by atoms with van der Waals surface area (Å²) in [6.07, 6.45) is 3.66. The number of carbonyl (C=O) groups is 2. The maximum atomic E-state index is 12.8. The van der Waals surface area contributed by atoms with Gasteiger partial charge >= 0.3 is 6.03 Å². The Morgan fingerprint density at radius 1 is 1.12 bits per heavy atom. The van der Waals surface area contributed by atoms with Crippen LogP contribution < -0.4 is 5.32 Å². The minimum Gasteiger partial charge on any atom is -0.319 e. The topological polar surface area (TPSA) is 73.2 Å². The zero-order valence-corrected chi connectivity index (χ0v) is 13.8. The molecule has 0 bridgehead atoms. The largest absolute Gasteiger partial charge is 0.325 e. The Morgan fingerprint density at radius 2 is 1.80 bits per heavy atom. The monoisotopic (exact) mass is 331 g/mol. The fraction of sp³-hybridized carbons (Fsp3) is 0.150. The molecule has 1 N–H and O–H groups in total. The number of urea groups is 1. The third-order valence-corrected chi connectivity index (χ3v) is 4.26. The van der Waals surface area contributed by atoms with Crippen molar-refractivity contribution in [2.45, 2.75) is 12.5 Å². The Bertz CT molecular complexity index is 866. The van der Waals surface area contributed by atoms with E-state index in [-0.39, 0.29) is 12.5 Å². The minimum absolute atomic E-state index is 0.200. The standard InChI is InChI=1S/C20H17N3O2/c1-20(17-11-9-16(14-21)10-12-17)18(24)23(19(25)22-20)13-5-8-15-6-3-2-4-7-15/h2-12H,13H2,1H3,(H,22,25)/b8-5+. The molecular weight excluding hydrogens is 314 g/mol. The first-order chi connectivity index (χ1) is 12.0. The van der Waals surface area contributed by atoms with Crippen molar-refractivity contribution in [3.63, 3.8) is 0 Å². The summed E-state index contributed by atoms with van der Waals surface area (Å²) in [5.41, 5.74) is 1.04. The first-order valence-corrected chi connectivity index (χ1v) is 7.91. The van der Waals surface area contributed by atoms with Crippen LogP contribution in [-0.4, -0.2) is 23.4 Å². The molecule has 3 rings (SSSR count). The first kappa shape index (κ1) is 16.5. The number of benzene rings is 2. The molecule has 0 radical (unpaired) electrons. The van der Waals surface area contributed by atoms with E-state index in [1.165, 1.54) is 4.90 Å². The van der Waals surface area contributed by atoms with Gasteiger partial charge in [0, 0.05) is 6.54 Å². The second kappa shape index (κ2) is 6.62. The molecule has 3 amide bonds. The van der Waals surface area contributed by atoms with Crippen molar-refractivity contribution < 1.29 is 9.59 Å². The van der Waals surface area contributed by atoms with E-state index in [0.29, 0.717) is 11.1 Å². The summed E-state index contributed by atoms with van der Waals surface area (Å²) in [6.45, 7) is 1.88. The van der Waals surface area contributed by atoms with Crippen LogP contribution in [0.4, 0.5) is 4.79 Å². The number of nitrogens with zero attached hydrogens (tertiary/aromatic N) is 2. The van der Waals surface area contributed by atoms with E-state index in [1.54, 1.807) is 37.3 Å². The van der Waals surface area contributed by atoms with Crippen LogP contribution in [0.3, 0.4) is 0 Å². The Kier molecular flexibility index (Phi) is 4.36. The number of hydrogen-bond acceptors (Lipinski definition) is 3. The van der Waals surface area contributed by atoms with Gasteiger partial charge in [-0.05, 0) is 30.2 Å². The van der Waals surface area contributed by atoms with Gasteiger partial charge in [0.05, 0.1) is 11.6 Å². The SMILES string of the molecule is CC1(c2ccc(C#N)cc2)NC(=O)N(C/C=C/c2ccccc2)C1=O. The second-order valence-corrected chi connectivity index (χ2v) is 5.97. The lowest BCUT2D eigenvalue weighted by Gasteiger charge is -2.22. The molecule has 5 heteroatoms. The molecule has 1 heterocycles. The van der Waals surface area contributed by atoms with Crippen LogP contribution in [0.15, 0.2) is 60.7 Å². The third kappa shape index (κ3) is 3.15. The van der Waals surface area contributed by atoms with Crippen molar-refractivity contribution in [1.82, 2.24) is 10.2 Å². The summed E-state index contributed by atoms with van der Waals surface area (Å²) in [5.74, 6) is -0.306. The van der Waals surface area contributed by atoms with Gasteiger partial charge in [-0.15, -0.1) is 0 Å². The molecule has 0 saturated carbocycles. The summed E-state index contributed by atoms with van der Waals surface area (Å²) in [5, 5.41) is 11.6. The number of rotatable bonds is 4. The van der Waals surface area contributed by atoms with Gasteiger partial charge in [0.15, 0.2) is 0 Å². The van der Waals surface area contributed by atoms with E-state index < -0.39 is 11.6 Å². The Labute approximate surface area is 146 Å². The van der Waals surface area contributed by atoms with Crippen molar-refractivity contribution in [1.29, 1.82) is 5.26 Å². The average molecular weight is 331 g/mol. The van der Waals surface area contributed by atoms with E-state index in [4.69, 9.17) is 5.26 Å². The van der Waals surface area contributed by atoms with Gasteiger partial charge in [0.1, 0.15) is 5.54 Å². The van der Waals surface area contributed by atoms with Gasteiger partial charge in [0.2, 0.25) is 0 Å². The lowest BCUT2D eigenvalue weighted by atomic mass is 9.91. The fourth-order valence-corrected chi connectivity index (χ4v) is 2.79. The second-order valence-electron chi connectivity index (χ2n) is 5.97. The zero-order valence-electron chi connectivity index (χ0n) is 13.8. The summed E-state index contributed by atoms with van der Waals surface area (Å²) in [4.78, 5) is 26.2. The van der Waals surface area contributed by atoms with Crippen molar-refractivity contribution in [3.8, 4) is 6.07 Å². The highest BCUT2D eigenvalue weighted by Crippen LogP contribution is 2.29. The minimum atomic E-state index is -1.12. The van der Waals surface area contributed by atoms with Crippen molar-refractivity contribution >= 4 is 18.0 Å². The molecule has 0 aromatic heterocycles. The van der Waals surface area contributed by atoms with Crippen LogP contribution in [0, 0.1) is 11.3 Å². The van der Waals surface area contributed by atoms with E-state index >= 15 is 0 Å². The summed E-state index contributed by atoms with van der Waals surface area (Å²) in [7, 11) is 0. The number of hydrogen-bond donors (Lipinski definition) is 1. The highest BCUT2D eigenvalue weighted by Gasteiger charge is 2.48. The molecule has 1 aliphatic rings. The van der Waals surface area contributed by atoms with Crippen LogP contribution in [0.25, 0.3) is 6.08 Å². The number of carbonyl (C=O) groups excluding carboxylic acids is 2. The van der Waals surface area contributed by atoms with Gasteiger partial charge in [-0.25, -0.2) is 4.79 Å². The predicted molar refractivity (Wildman–Crippen MR) is 94.2 cm³/mol. The zero-order chi connectivity index (χ0) is 17.9. The molecule has 1 aliphatic heterocycles. The smallest absolute Gasteiger partial charge is 0.319 e. The molecule has 1 atom stereocenters. The van der Waals surface area contributed by atoms with Gasteiger partial charge in [-0.1, -0.05) is 54.6 Å². The average Bonchev–Trinajstić information content (AvgIpc) is 2.86. The molecule has 0 aliphatic carbocycles. The third-order valence-electron chi connectivity index (χ3n) is 4.26. The summed E-state index contributed by atoms with van der Waals surface area (Å²) in [6, 6.07) is 18.0. The molecule has 5 nitrogen and oxygen atoms in total. The predicted octanol–water partition coefficient (Wildman–Crippen LogP) is 3.04. The molecule has 1 saturated heterocycles. The maximum absolute atomic E-state index is 12.8. The highest BCUT2D eigenvalue weighted by molar-refractivity contribution is 6.07. The molecule has 1 fully saturated rings. The van der Waals surface area contributed by atoms with Crippen molar-refractivity contribution in [2.75, 3.05) is 6.54 Å². The first-order valence-electron chi connectivity index (χ1n) is 7.91. The lowest BCUT2D eigenvalue weighted by Crippen LogP contribution is -2.40. The van der Waals surface area contributed by atoms with Gasteiger partial charge in [0.25, 0.3) is 5.91 Å². The van der Waals surface area contributed by atoms with Crippen LogP contribution in [-0.2, 0) is 10.3 Å². The highest BCUT2D eigenvalue weighted by atomic mass is 16.2. The van der Waals surface area contributed by atoms with E-state index in [0.717, 1.165) is 5.56 Å². The van der Waals surface area contributed by atoms with E-state index in [9.17, 15) is 9.59 Å². The van der Waals surface area contributed by atoms with Crippen LogP contribution >= 0.6 is 0 Å². The maximum Gasteiger partial charge on any atom is 0.325 e. The molecule has 1 unspecified atom stereocenters. The van der Waals surface area contributed by atoms with Gasteiger partial charge in [-0.3, -0.25) is 9.69 Å². The Balaban J connectivity index is 1.77. The Morgan fingerprint density at radius 3 is 2.44 bits per heavy atom. The van der Waals surface area contributed by atoms with Crippen LogP contribution in [0.2, 0.25) is 0 Å². The van der Waals surface area contributed by atoms with Crippen molar-refractivity contribution in [3.05, 3.63) is 77.4 Å². The molecule has 0 spiro atoms. The van der Waals surface area contributed by atoms with E-state index in [1.807, 2.05) is 42.5 Å². The lowest BCUT2D eigenvalue weighted by molar-refractivity contribution is -0.130. The summed E-state index contributed by atoms with van der Waals surface area (Å²) < 4.78 is 0. The summed E-state index contributed by atoms with van der Waals surface area (Å²) >= 11 is 0. The van der Waals surface area contributed by atoms with Crippen molar-refractivity contribution in [2.24, 2.45) is 0 Å². The number of nitrogens with one attached hydrogen (secondary N) is 1. The quantitative estimate of drug-likeness (QED) is 0.875. The molecular formula is C20H17N3O2. The normalized spacial score (nSPS) is 19.9. The molecule has 2 aromatic rings. The number of amides is 3. The van der Waals surface area contributed by atoms with Crippen LogP contribution in [0.1, 0.15) is 23.6 Å². The molecule has 25 heavy (non-hydrogen) atoms. The Hall–Kier alpha value is -3.39. The van der Waals surface area contributed by atoms with Gasteiger partial charge in [-0.2, -0.15) is 5.26 Å². The molecule has 2 aromatic carbocycles. The number of imide groups is 1. The van der Waals surface area contributed by atoms with Crippen LogP contribution in [0.5, 0.6) is 0 Å². The number of nitriles is 1. The van der Waals surface area contributed by atoms with E-state index in [2.05, 4.69) is 5.32 Å². The fourth-order valence-electron chi connectivity index (χ4n) is 2.79.